The number of nitriles is 1. The highest BCUT2D eigenvalue weighted by Gasteiger charge is 2.09. The predicted octanol–water partition coefficient (Wildman–Crippen LogP) is 3.21. The van der Waals surface area contributed by atoms with Gasteiger partial charge in [-0.15, -0.1) is 0 Å². The van der Waals surface area contributed by atoms with Crippen LogP contribution in [0.4, 0.5) is 0 Å². The molecule has 0 saturated carbocycles. The maximum atomic E-state index is 9.31. The van der Waals surface area contributed by atoms with Crippen molar-refractivity contribution in [3.8, 4) is 11.8 Å². The molecule has 1 N–H and O–H groups in total. The molecule has 1 heterocycles. The molecule has 0 spiro atoms. The first-order chi connectivity index (χ1) is 9.65. The summed E-state index contributed by atoms with van der Waals surface area (Å²) in [5.74, 6) is 0. The fraction of sp³-hybridized carbons (Fsp3) is 0.333. The number of benzene rings is 1. The lowest BCUT2D eigenvalue weighted by molar-refractivity contribution is 0.675. The van der Waals surface area contributed by atoms with Gasteiger partial charge in [0.05, 0.1) is 22.0 Å². The Morgan fingerprint density at radius 1 is 1.45 bits per heavy atom. The van der Waals surface area contributed by atoms with Crippen molar-refractivity contribution >= 4 is 11.6 Å². The van der Waals surface area contributed by atoms with Crippen molar-refractivity contribution in [3.05, 3.63) is 46.2 Å². The third-order valence-corrected chi connectivity index (χ3v) is 3.39. The summed E-state index contributed by atoms with van der Waals surface area (Å²) >= 11 is 6.01. The monoisotopic (exact) mass is 288 g/mol. The largest absolute Gasteiger partial charge is 0.313 e. The van der Waals surface area contributed by atoms with Gasteiger partial charge in [0.25, 0.3) is 0 Å². The molecule has 2 rings (SSSR count). The van der Waals surface area contributed by atoms with E-state index in [4.69, 9.17) is 11.6 Å². The Morgan fingerprint density at radius 3 is 2.85 bits per heavy atom. The molecule has 0 unspecified atom stereocenters. The number of aromatic nitrogens is 2. The SMILES string of the molecule is CCCNCc1ccc(-n2cc(Cl)c(C)n2)c(C#N)c1. The number of aryl methyl sites for hydroxylation is 1. The summed E-state index contributed by atoms with van der Waals surface area (Å²) in [4.78, 5) is 0. The molecule has 4 nitrogen and oxygen atoms in total. The lowest BCUT2D eigenvalue weighted by Gasteiger charge is -2.08. The first-order valence-corrected chi connectivity index (χ1v) is 6.99. The summed E-state index contributed by atoms with van der Waals surface area (Å²) in [6, 6.07) is 8.02. The van der Waals surface area contributed by atoms with Gasteiger partial charge in [0.2, 0.25) is 0 Å². The van der Waals surface area contributed by atoms with Gasteiger partial charge in [-0.3, -0.25) is 0 Å². The quantitative estimate of drug-likeness (QED) is 0.860. The second kappa shape index (κ2) is 6.56. The molecule has 0 saturated heterocycles. The first-order valence-electron chi connectivity index (χ1n) is 6.61. The van der Waals surface area contributed by atoms with Gasteiger partial charge in [-0.2, -0.15) is 10.4 Å². The van der Waals surface area contributed by atoms with E-state index in [1.165, 1.54) is 0 Å². The van der Waals surface area contributed by atoms with E-state index in [-0.39, 0.29) is 0 Å². The van der Waals surface area contributed by atoms with E-state index >= 15 is 0 Å². The number of nitrogens with one attached hydrogen (secondary N) is 1. The second-order valence-electron chi connectivity index (χ2n) is 4.65. The molecule has 5 heteroatoms. The normalized spacial score (nSPS) is 10.5. The van der Waals surface area contributed by atoms with Crippen LogP contribution in [-0.2, 0) is 6.54 Å². The number of halogens is 1. The molecule has 2 aromatic rings. The first kappa shape index (κ1) is 14.6. The number of hydrogen-bond acceptors (Lipinski definition) is 3. The molecule has 0 aliphatic carbocycles. The minimum atomic E-state index is 0.597. The Labute approximate surface area is 124 Å². The number of hydrogen-bond donors (Lipinski definition) is 1. The zero-order valence-electron chi connectivity index (χ0n) is 11.7. The van der Waals surface area contributed by atoms with E-state index in [0.717, 1.165) is 36.5 Å². The Hall–Kier alpha value is -1.83. The van der Waals surface area contributed by atoms with Gasteiger partial charge >= 0.3 is 0 Å². The molecular formula is C15H17ClN4. The molecule has 0 fully saturated rings. The van der Waals surface area contributed by atoms with Crippen molar-refractivity contribution in [1.29, 1.82) is 5.26 Å². The Kier molecular flexibility index (Phi) is 4.78. The van der Waals surface area contributed by atoms with Gasteiger partial charge in [-0.25, -0.2) is 4.68 Å². The highest BCUT2D eigenvalue weighted by atomic mass is 35.5. The van der Waals surface area contributed by atoms with Crippen LogP contribution in [-0.4, -0.2) is 16.3 Å². The van der Waals surface area contributed by atoms with Gasteiger partial charge in [0.1, 0.15) is 6.07 Å². The summed E-state index contributed by atoms with van der Waals surface area (Å²) < 4.78 is 1.65. The van der Waals surface area contributed by atoms with Gasteiger partial charge in [-0.05, 0) is 37.6 Å². The summed E-state index contributed by atoms with van der Waals surface area (Å²) in [7, 11) is 0. The van der Waals surface area contributed by atoms with E-state index in [2.05, 4.69) is 23.4 Å². The maximum absolute atomic E-state index is 9.31. The van der Waals surface area contributed by atoms with Gasteiger partial charge in [0, 0.05) is 12.7 Å². The number of nitrogens with zero attached hydrogens (tertiary/aromatic N) is 3. The molecule has 20 heavy (non-hydrogen) atoms. The van der Waals surface area contributed by atoms with E-state index in [0.29, 0.717) is 10.6 Å². The minimum absolute atomic E-state index is 0.597. The van der Waals surface area contributed by atoms with Crippen LogP contribution in [0.25, 0.3) is 5.69 Å². The van der Waals surface area contributed by atoms with Gasteiger partial charge in [0.15, 0.2) is 0 Å². The van der Waals surface area contributed by atoms with Crippen molar-refractivity contribution in [3.63, 3.8) is 0 Å². The molecule has 0 radical (unpaired) electrons. The van der Waals surface area contributed by atoms with Crippen molar-refractivity contribution < 1.29 is 0 Å². The molecule has 0 aliphatic rings. The van der Waals surface area contributed by atoms with Crippen LogP contribution in [0, 0.1) is 18.3 Å². The fourth-order valence-electron chi connectivity index (χ4n) is 1.95. The van der Waals surface area contributed by atoms with E-state index in [1.807, 2.05) is 25.1 Å². The highest BCUT2D eigenvalue weighted by molar-refractivity contribution is 6.31. The number of rotatable bonds is 5. The molecule has 0 aliphatic heterocycles. The smallest absolute Gasteiger partial charge is 0.101 e. The van der Waals surface area contributed by atoms with Crippen LogP contribution >= 0.6 is 11.6 Å². The van der Waals surface area contributed by atoms with Crippen LogP contribution < -0.4 is 5.32 Å². The van der Waals surface area contributed by atoms with Crippen molar-refractivity contribution in [2.24, 2.45) is 0 Å². The van der Waals surface area contributed by atoms with Crippen LogP contribution in [0.15, 0.2) is 24.4 Å². The van der Waals surface area contributed by atoms with Gasteiger partial charge in [-0.1, -0.05) is 24.6 Å². The standard InChI is InChI=1S/C15H17ClN4/c1-3-6-18-9-12-4-5-15(13(7-12)8-17)20-10-14(16)11(2)19-20/h4-5,7,10,18H,3,6,9H2,1-2H3. The summed E-state index contributed by atoms with van der Waals surface area (Å²) in [6.07, 6.45) is 2.82. The average molecular weight is 289 g/mol. The lowest BCUT2D eigenvalue weighted by atomic mass is 10.1. The van der Waals surface area contributed by atoms with E-state index < -0.39 is 0 Å². The summed E-state index contributed by atoms with van der Waals surface area (Å²) in [6.45, 7) is 5.70. The summed E-state index contributed by atoms with van der Waals surface area (Å²) in [5.41, 5.74) is 3.19. The molecular weight excluding hydrogens is 272 g/mol. The maximum Gasteiger partial charge on any atom is 0.101 e. The molecule has 0 amide bonds. The Balaban J connectivity index is 2.29. The Morgan fingerprint density at radius 2 is 2.25 bits per heavy atom. The molecule has 0 atom stereocenters. The molecule has 104 valence electrons. The molecule has 1 aromatic carbocycles. The third kappa shape index (κ3) is 3.19. The van der Waals surface area contributed by atoms with Gasteiger partial charge < -0.3 is 5.32 Å². The van der Waals surface area contributed by atoms with Crippen molar-refractivity contribution in [2.45, 2.75) is 26.8 Å². The van der Waals surface area contributed by atoms with Crippen LogP contribution in [0.5, 0.6) is 0 Å². The summed E-state index contributed by atoms with van der Waals surface area (Å²) in [5, 5.41) is 17.5. The zero-order valence-corrected chi connectivity index (χ0v) is 12.4. The third-order valence-electron chi connectivity index (χ3n) is 3.02. The highest BCUT2D eigenvalue weighted by Crippen LogP contribution is 2.20. The van der Waals surface area contributed by atoms with E-state index in [9.17, 15) is 5.26 Å². The molecule has 1 aromatic heterocycles. The van der Waals surface area contributed by atoms with Crippen LogP contribution in [0.2, 0.25) is 5.02 Å². The van der Waals surface area contributed by atoms with Crippen LogP contribution in [0.3, 0.4) is 0 Å². The zero-order chi connectivity index (χ0) is 14.5. The fourth-order valence-corrected chi connectivity index (χ4v) is 2.08. The minimum Gasteiger partial charge on any atom is -0.313 e. The lowest BCUT2D eigenvalue weighted by Crippen LogP contribution is -2.14. The Bertz CT molecular complexity index is 620. The topological polar surface area (TPSA) is 53.6 Å². The van der Waals surface area contributed by atoms with E-state index in [1.54, 1.807) is 10.9 Å². The second-order valence-corrected chi connectivity index (χ2v) is 5.05. The van der Waals surface area contributed by atoms with Crippen LogP contribution in [0.1, 0.15) is 30.2 Å². The van der Waals surface area contributed by atoms with Crippen molar-refractivity contribution in [2.75, 3.05) is 6.54 Å². The molecule has 0 bridgehead atoms. The average Bonchev–Trinajstić information content (AvgIpc) is 2.78. The predicted molar refractivity (Wildman–Crippen MR) is 80.0 cm³/mol. The van der Waals surface area contributed by atoms with Crippen molar-refractivity contribution in [1.82, 2.24) is 15.1 Å².